The third-order valence-electron chi connectivity index (χ3n) is 4.62. The number of thiazole rings is 1. The Labute approximate surface area is 157 Å². The number of hydrogen-bond acceptors (Lipinski definition) is 5. The van der Waals surface area contributed by atoms with E-state index in [1.54, 1.807) is 0 Å². The lowest BCUT2D eigenvalue weighted by atomic mass is 10.2. The van der Waals surface area contributed by atoms with Crippen molar-refractivity contribution >= 4 is 33.3 Å². The summed E-state index contributed by atoms with van der Waals surface area (Å²) in [5.74, 6) is 1.12. The molecule has 0 unspecified atom stereocenters. The molecule has 25 heavy (non-hydrogen) atoms. The smallest absolute Gasteiger partial charge is 0.151 e. The Balaban J connectivity index is 1.20. The Hall–Kier alpha value is -1.40. The molecule has 1 fully saturated rings. The molecule has 0 saturated carbocycles. The first kappa shape index (κ1) is 17.0. The van der Waals surface area contributed by atoms with E-state index in [0.29, 0.717) is 0 Å². The summed E-state index contributed by atoms with van der Waals surface area (Å²) in [4.78, 5) is 9.86. The van der Waals surface area contributed by atoms with Gasteiger partial charge in [-0.3, -0.25) is 9.80 Å². The molecule has 0 N–H and O–H groups in total. The van der Waals surface area contributed by atoms with Crippen molar-refractivity contribution in [3.8, 4) is 0 Å². The summed E-state index contributed by atoms with van der Waals surface area (Å²) in [6, 6.07) is 19.2. The summed E-state index contributed by atoms with van der Waals surface area (Å²) in [5.41, 5.74) is 2.55. The molecule has 1 saturated heterocycles. The highest BCUT2D eigenvalue weighted by Gasteiger charge is 2.16. The van der Waals surface area contributed by atoms with Gasteiger partial charge in [0.05, 0.1) is 10.2 Å². The van der Waals surface area contributed by atoms with Gasteiger partial charge in [-0.15, -0.1) is 11.3 Å². The highest BCUT2D eigenvalue weighted by molar-refractivity contribution is 8.01. The van der Waals surface area contributed by atoms with E-state index in [4.69, 9.17) is 4.98 Å². The van der Waals surface area contributed by atoms with E-state index in [2.05, 4.69) is 64.4 Å². The lowest BCUT2D eigenvalue weighted by molar-refractivity contribution is 0.133. The molecule has 2 heterocycles. The van der Waals surface area contributed by atoms with Crippen LogP contribution in [0, 0.1) is 0 Å². The van der Waals surface area contributed by atoms with Crippen LogP contribution in [0.5, 0.6) is 0 Å². The molecule has 2 aromatic carbocycles. The maximum absolute atomic E-state index is 4.71. The Morgan fingerprint density at radius 2 is 1.60 bits per heavy atom. The molecule has 0 aliphatic carbocycles. The van der Waals surface area contributed by atoms with Crippen molar-refractivity contribution in [2.75, 3.05) is 38.5 Å². The van der Waals surface area contributed by atoms with Crippen molar-refractivity contribution in [3.63, 3.8) is 0 Å². The van der Waals surface area contributed by atoms with Gasteiger partial charge in [-0.1, -0.05) is 54.2 Å². The van der Waals surface area contributed by atoms with Gasteiger partial charge in [0.2, 0.25) is 0 Å². The van der Waals surface area contributed by atoms with Crippen LogP contribution in [0.1, 0.15) is 5.56 Å². The van der Waals surface area contributed by atoms with Gasteiger partial charge in [0.25, 0.3) is 0 Å². The Morgan fingerprint density at radius 3 is 2.40 bits per heavy atom. The summed E-state index contributed by atoms with van der Waals surface area (Å²) in [5, 5.41) is 0. The first-order valence-corrected chi connectivity index (χ1v) is 10.6. The molecule has 0 atom stereocenters. The molecular weight excluding hydrogens is 346 g/mol. The molecule has 3 aromatic rings. The monoisotopic (exact) mass is 369 g/mol. The number of aromatic nitrogens is 1. The van der Waals surface area contributed by atoms with Crippen molar-refractivity contribution in [1.29, 1.82) is 0 Å². The number of hydrogen-bond donors (Lipinski definition) is 0. The first-order valence-electron chi connectivity index (χ1n) is 8.84. The number of piperazine rings is 1. The fourth-order valence-electron chi connectivity index (χ4n) is 3.19. The van der Waals surface area contributed by atoms with Gasteiger partial charge in [-0.25, -0.2) is 4.98 Å². The Kier molecular flexibility index (Phi) is 5.67. The quantitative estimate of drug-likeness (QED) is 0.606. The molecule has 1 aliphatic heterocycles. The van der Waals surface area contributed by atoms with Crippen LogP contribution in [0.25, 0.3) is 10.2 Å². The van der Waals surface area contributed by atoms with Gasteiger partial charge < -0.3 is 0 Å². The average Bonchev–Trinajstić information content (AvgIpc) is 3.07. The third kappa shape index (κ3) is 4.61. The number of thioether (sulfide) groups is 1. The number of fused-ring (bicyclic) bond motifs is 1. The van der Waals surface area contributed by atoms with E-state index < -0.39 is 0 Å². The van der Waals surface area contributed by atoms with Crippen LogP contribution in [-0.4, -0.2) is 53.3 Å². The lowest BCUT2D eigenvalue weighted by Gasteiger charge is -2.34. The minimum Gasteiger partial charge on any atom is -0.300 e. The lowest BCUT2D eigenvalue weighted by Crippen LogP contribution is -2.46. The number of para-hydroxylation sites is 1. The summed E-state index contributed by atoms with van der Waals surface area (Å²) in [6.45, 7) is 6.91. The number of benzene rings is 2. The van der Waals surface area contributed by atoms with Gasteiger partial charge >= 0.3 is 0 Å². The third-order valence-corrected chi connectivity index (χ3v) is 6.78. The molecule has 1 aliphatic rings. The van der Waals surface area contributed by atoms with E-state index >= 15 is 0 Å². The molecule has 4 rings (SSSR count). The fraction of sp³-hybridized carbons (Fsp3) is 0.350. The van der Waals surface area contributed by atoms with Crippen molar-refractivity contribution in [1.82, 2.24) is 14.8 Å². The summed E-state index contributed by atoms with van der Waals surface area (Å²) in [7, 11) is 0. The van der Waals surface area contributed by atoms with Crippen molar-refractivity contribution < 1.29 is 0 Å². The van der Waals surface area contributed by atoms with Gasteiger partial charge in [0.1, 0.15) is 0 Å². The molecule has 130 valence electrons. The molecular formula is C20H23N3S2. The standard InChI is InChI=1S/C20H23N3S2/c1-2-6-17(7-3-1)16-23-12-10-22(11-13-23)14-15-24-20-21-18-8-4-5-9-19(18)25-20/h1-9H,10-16H2. The molecule has 0 radical (unpaired) electrons. The van der Waals surface area contributed by atoms with Crippen LogP contribution >= 0.6 is 23.1 Å². The second-order valence-corrected chi connectivity index (χ2v) is 8.77. The van der Waals surface area contributed by atoms with E-state index in [1.165, 1.54) is 40.8 Å². The maximum Gasteiger partial charge on any atom is 0.151 e. The van der Waals surface area contributed by atoms with Crippen LogP contribution in [0.2, 0.25) is 0 Å². The van der Waals surface area contributed by atoms with Gasteiger partial charge in [-0.2, -0.15) is 0 Å². The van der Waals surface area contributed by atoms with Crippen LogP contribution in [0.15, 0.2) is 58.9 Å². The van der Waals surface area contributed by atoms with Crippen LogP contribution in [0.3, 0.4) is 0 Å². The topological polar surface area (TPSA) is 19.4 Å². The summed E-state index contributed by atoms with van der Waals surface area (Å²) >= 11 is 3.71. The van der Waals surface area contributed by atoms with Crippen LogP contribution < -0.4 is 0 Å². The van der Waals surface area contributed by atoms with E-state index in [0.717, 1.165) is 24.4 Å². The maximum atomic E-state index is 4.71. The minimum absolute atomic E-state index is 1.08. The molecule has 3 nitrogen and oxygen atoms in total. The fourth-order valence-corrected chi connectivity index (χ4v) is 5.33. The average molecular weight is 370 g/mol. The zero-order chi connectivity index (χ0) is 16.9. The van der Waals surface area contributed by atoms with Crippen molar-refractivity contribution in [2.24, 2.45) is 0 Å². The predicted molar refractivity (Wildman–Crippen MR) is 109 cm³/mol. The number of rotatable bonds is 6. The molecule has 0 amide bonds. The van der Waals surface area contributed by atoms with Crippen molar-refractivity contribution in [2.45, 2.75) is 10.9 Å². The molecule has 0 spiro atoms. The van der Waals surface area contributed by atoms with Crippen molar-refractivity contribution in [3.05, 3.63) is 60.2 Å². The zero-order valence-electron chi connectivity index (χ0n) is 14.3. The summed E-state index contributed by atoms with van der Waals surface area (Å²) < 4.78 is 2.49. The molecule has 1 aromatic heterocycles. The van der Waals surface area contributed by atoms with E-state index in [1.807, 2.05) is 23.1 Å². The highest BCUT2D eigenvalue weighted by Crippen LogP contribution is 2.29. The van der Waals surface area contributed by atoms with Gasteiger partial charge in [-0.05, 0) is 17.7 Å². The minimum atomic E-state index is 1.08. The van der Waals surface area contributed by atoms with Crippen LogP contribution in [0.4, 0.5) is 0 Å². The zero-order valence-corrected chi connectivity index (χ0v) is 15.9. The second-order valence-electron chi connectivity index (χ2n) is 6.40. The highest BCUT2D eigenvalue weighted by atomic mass is 32.2. The summed E-state index contributed by atoms with van der Waals surface area (Å²) in [6.07, 6.45) is 0. The first-order chi connectivity index (χ1) is 12.4. The second kappa shape index (κ2) is 8.32. The molecule has 5 heteroatoms. The Bertz CT molecular complexity index is 762. The Morgan fingerprint density at radius 1 is 0.880 bits per heavy atom. The van der Waals surface area contributed by atoms with E-state index in [-0.39, 0.29) is 0 Å². The number of nitrogens with zero attached hydrogens (tertiary/aromatic N) is 3. The largest absolute Gasteiger partial charge is 0.300 e. The normalized spacial score (nSPS) is 16.5. The van der Waals surface area contributed by atoms with Crippen LogP contribution in [-0.2, 0) is 6.54 Å². The molecule has 0 bridgehead atoms. The van der Waals surface area contributed by atoms with Gasteiger partial charge in [0, 0.05) is 45.0 Å². The SMILES string of the molecule is c1ccc(CN2CCN(CCSc3nc4ccccc4s3)CC2)cc1. The van der Waals surface area contributed by atoms with E-state index in [9.17, 15) is 0 Å². The predicted octanol–water partition coefficient (Wildman–Crippen LogP) is 4.21. The van der Waals surface area contributed by atoms with Gasteiger partial charge in [0.15, 0.2) is 4.34 Å².